The van der Waals surface area contributed by atoms with Crippen LogP contribution in [0, 0.1) is 10.1 Å². The molecular weight excluding hydrogens is 270 g/mol. The van der Waals surface area contributed by atoms with Crippen molar-refractivity contribution >= 4 is 23.5 Å². The lowest BCUT2D eigenvalue weighted by atomic mass is 10.2. The zero-order chi connectivity index (χ0) is 14.9. The number of rotatable bonds is 3. The largest absolute Gasteiger partial charge is 0.475 e. The molecule has 1 atom stereocenters. The third-order valence-electron chi connectivity index (χ3n) is 2.70. The molecule has 1 aromatic rings. The Morgan fingerprint density at radius 3 is 2.90 bits per heavy atom. The number of aromatic nitrogens is 1. The van der Waals surface area contributed by atoms with E-state index >= 15 is 0 Å². The van der Waals surface area contributed by atoms with Crippen LogP contribution in [0.25, 0.3) is 0 Å². The van der Waals surface area contributed by atoms with E-state index in [1.165, 1.54) is 20.1 Å². The van der Waals surface area contributed by atoms with E-state index in [1.54, 1.807) is 0 Å². The summed E-state index contributed by atoms with van der Waals surface area (Å²) in [6.45, 7) is 1.13. The van der Waals surface area contributed by atoms with Crippen molar-refractivity contribution in [2.24, 2.45) is 0 Å². The Morgan fingerprint density at radius 1 is 1.60 bits per heavy atom. The number of anilines is 1. The average Bonchev–Trinajstić information content (AvgIpc) is 2.43. The topological polar surface area (TPSA) is 112 Å². The number of nitrogens with zero attached hydrogens (tertiary/aromatic N) is 3. The van der Waals surface area contributed by atoms with Crippen LogP contribution in [0.5, 0.6) is 5.75 Å². The van der Waals surface area contributed by atoms with Crippen LogP contribution in [0.3, 0.4) is 0 Å². The molecule has 106 valence electrons. The van der Waals surface area contributed by atoms with Gasteiger partial charge in [-0.25, -0.2) is 0 Å². The zero-order valence-electron chi connectivity index (χ0n) is 10.7. The fourth-order valence-corrected chi connectivity index (χ4v) is 1.72. The molecule has 0 N–H and O–H groups in total. The molecule has 1 aliphatic rings. The quantitative estimate of drug-likeness (QED) is 0.444. The summed E-state index contributed by atoms with van der Waals surface area (Å²) >= 11 is 0. The summed E-state index contributed by atoms with van der Waals surface area (Å²) in [4.78, 5) is 38.1. The van der Waals surface area contributed by atoms with Gasteiger partial charge >= 0.3 is 11.8 Å². The summed E-state index contributed by atoms with van der Waals surface area (Å²) < 4.78 is 9.79. The Hall–Kier alpha value is -2.71. The Morgan fingerprint density at radius 2 is 2.30 bits per heavy atom. The number of fused-ring (bicyclic) bond motifs is 1. The lowest BCUT2D eigenvalue weighted by Crippen LogP contribution is -2.47. The van der Waals surface area contributed by atoms with E-state index in [-0.39, 0.29) is 18.1 Å². The van der Waals surface area contributed by atoms with Crippen molar-refractivity contribution in [3.63, 3.8) is 0 Å². The normalized spacial score (nSPS) is 17.2. The second kappa shape index (κ2) is 5.11. The predicted molar refractivity (Wildman–Crippen MR) is 65.4 cm³/mol. The second-order valence-corrected chi connectivity index (χ2v) is 4.01. The van der Waals surface area contributed by atoms with Crippen LogP contribution in [0.15, 0.2) is 12.1 Å². The molecule has 9 nitrogen and oxygen atoms in total. The lowest BCUT2D eigenvalue weighted by Gasteiger charge is -2.28. The molecule has 0 bridgehead atoms. The first kappa shape index (κ1) is 13.7. The smallest absolute Gasteiger partial charge is 0.366 e. The molecule has 1 amide bonds. The number of nitro groups is 1. The Balaban J connectivity index is 2.46. The molecule has 0 radical (unpaired) electrons. The Bertz CT molecular complexity index is 588. The molecule has 2 rings (SSSR count). The van der Waals surface area contributed by atoms with Gasteiger partial charge in [-0.1, -0.05) is 0 Å². The molecule has 9 heteroatoms. The highest BCUT2D eigenvalue weighted by molar-refractivity contribution is 6.02. The molecule has 1 unspecified atom stereocenters. The van der Waals surface area contributed by atoms with Gasteiger partial charge in [0.1, 0.15) is 6.54 Å². The summed E-state index contributed by atoms with van der Waals surface area (Å²) in [5.41, 5.74) is 0. The van der Waals surface area contributed by atoms with Crippen molar-refractivity contribution in [1.82, 2.24) is 4.98 Å². The summed E-state index contributed by atoms with van der Waals surface area (Å²) in [6, 6.07) is 2.51. The van der Waals surface area contributed by atoms with Gasteiger partial charge < -0.3 is 19.6 Å². The third kappa shape index (κ3) is 2.37. The molecule has 0 saturated heterocycles. The second-order valence-electron chi connectivity index (χ2n) is 4.01. The number of pyridine rings is 1. The Labute approximate surface area is 113 Å². The van der Waals surface area contributed by atoms with Crippen molar-refractivity contribution in [2.45, 2.75) is 13.0 Å². The summed E-state index contributed by atoms with van der Waals surface area (Å²) in [6.07, 6.45) is -0.810. The number of hydrogen-bond acceptors (Lipinski definition) is 7. The number of carbonyl (C=O) groups is 2. The van der Waals surface area contributed by atoms with Crippen molar-refractivity contribution in [3.8, 4) is 5.75 Å². The number of ether oxygens (including phenoxy) is 2. The first-order valence-electron chi connectivity index (χ1n) is 5.64. The molecule has 1 aliphatic heterocycles. The van der Waals surface area contributed by atoms with E-state index in [1.807, 2.05) is 0 Å². The SMILES string of the molecule is COC(=O)CN1C(=O)C(C)Oc2ccc([N+](=O)[O-])nc21. The molecule has 0 aromatic carbocycles. The molecule has 20 heavy (non-hydrogen) atoms. The van der Waals surface area contributed by atoms with Crippen LogP contribution in [0.4, 0.5) is 11.6 Å². The maximum atomic E-state index is 12.0. The van der Waals surface area contributed by atoms with Gasteiger partial charge in [0.25, 0.3) is 11.7 Å². The number of amides is 1. The highest BCUT2D eigenvalue weighted by Crippen LogP contribution is 2.33. The maximum Gasteiger partial charge on any atom is 0.366 e. The summed E-state index contributed by atoms with van der Waals surface area (Å²) in [5, 5.41) is 10.7. The monoisotopic (exact) mass is 281 g/mol. The first-order chi connectivity index (χ1) is 9.43. The number of esters is 1. The fourth-order valence-electron chi connectivity index (χ4n) is 1.72. The van der Waals surface area contributed by atoms with E-state index in [9.17, 15) is 19.7 Å². The molecule has 0 fully saturated rings. The van der Waals surface area contributed by atoms with Crippen LogP contribution < -0.4 is 9.64 Å². The average molecular weight is 281 g/mol. The van der Waals surface area contributed by atoms with Gasteiger partial charge in [0.15, 0.2) is 11.9 Å². The zero-order valence-corrected chi connectivity index (χ0v) is 10.7. The number of hydrogen-bond donors (Lipinski definition) is 0. The van der Waals surface area contributed by atoms with Crippen LogP contribution in [0.2, 0.25) is 0 Å². The van der Waals surface area contributed by atoms with Crippen LogP contribution in [0.1, 0.15) is 6.92 Å². The minimum Gasteiger partial charge on any atom is -0.475 e. The van der Waals surface area contributed by atoms with Gasteiger partial charge in [-0.3, -0.25) is 14.5 Å². The van der Waals surface area contributed by atoms with E-state index in [4.69, 9.17) is 4.74 Å². The third-order valence-corrected chi connectivity index (χ3v) is 2.70. The van der Waals surface area contributed by atoms with Gasteiger partial charge in [0.2, 0.25) is 0 Å². The van der Waals surface area contributed by atoms with E-state index in [0.717, 1.165) is 11.0 Å². The van der Waals surface area contributed by atoms with Crippen LogP contribution in [-0.2, 0) is 14.3 Å². The minimum atomic E-state index is -0.810. The molecule has 0 aliphatic carbocycles. The summed E-state index contributed by atoms with van der Waals surface area (Å²) in [7, 11) is 1.18. The molecule has 0 saturated carbocycles. The Kier molecular flexibility index (Phi) is 3.51. The summed E-state index contributed by atoms with van der Waals surface area (Å²) in [5.74, 6) is -1.48. The minimum absolute atomic E-state index is 0.0623. The van der Waals surface area contributed by atoms with Crippen molar-refractivity contribution in [3.05, 3.63) is 22.2 Å². The van der Waals surface area contributed by atoms with Gasteiger partial charge in [0, 0.05) is 6.07 Å². The van der Waals surface area contributed by atoms with E-state index in [2.05, 4.69) is 9.72 Å². The van der Waals surface area contributed by atoms with Gasteiger partial charge in [-0.05, 0) is 22.9 Å². The standard InChI is InChI=1S/C11H11N3O6/c1-6-11(16)13(5-9(15)19-2)10-7(20-6)3-4-8(12-10)14(17)18/h3-4,6H,5H2,1-2H3. The van der Waals surface area contributed by atoms with Crippen molar-refractivity contribution in [1.29, 1.82) is 0 Å². The highest BCUT2D eigenvalue weighted by atomic mass is 16.6. The lowest BCUT2D eigenvalue weighted by molar-refractivity contribution is -0.389. The van der Waals surface area contributed by atoms with Gasteiger partial charge in [0.05, 0.1) is 7.11 Å². The maximum absolute atomic E-state index is 12.0. The van der Waals surface area contributed by atoms with Crippen LogP contribution in [-0.4, -0.2) is 41.5 Å². The highest BCUT2D eigenvalue weighted by Gasteiger charge is 2.37. The van der Waals surface area contributed by atoms with Crippen molar-refractivity contribution in [2.75, 3.05) is 18.6 Å². The van der Waals surface area contributed by atoms with E-state index in [0.29, 0.717) is 0 Å². The first-order valence-corrected chi connectivity index (χ1v) is 5.64. The van der Waals surface area contributed by atoms with Gasteiger partial charge in [-0.15, -0.1) is 0 Å². The van der Waals surface area contributed by atoms with Crippen molar-refractivity contribution < 1.29 is 24.0 Å². The fraction of sp³-hybridized carbons (Fsp3) is 0.364. The van der Waals surface area contributed by atoms with Crippen LogP contribution >= 0.6 is 0 Å². The molecular formula is C11H11N3O6. The predicted octanol–water partition coefficient (Wildman–Crippen LogP) is 0.277. The number of carbonyl (C=O) groups excluding carboxylic acids is 2. The molecule has 1 aromatic heterocycles. The van der Waals surface area contributed by atoms with E-state index < -0.39 is 28.7 Å². The van der Waals surface area contributed by atoms with Gasteiger partial charge in [-0.2, -0.15) is 0 Å². The molecule has 0 spiro atoms. The molecule has 2 heterocycles. The number of methoxy groups -OCH3 is 1.